The Balaban J connectivity index is 1.84. The third-order valence-corrected chi connectivity index (χ3v) is 4.31. The zero-order valence-electron chi connectivity index (χ0n) is 16.7. The van der Waals surface area contributed by atoms with Gasteiger partial charge in [-0.05, 0) is 40.2 Å². The number of aromatic nitrogens is 1. The molecule has 1 atom stereocenters. The predicted molar refractivity (Wildman–Crippen MR) is 106 cm³/mol. The highest BCUT2D eigenvalue weighted by Gasteiger charge is 2.21. The second-order valence-corrected chi connectivity index (χ2v) is 7.19. The van der Waals surface area contributed by atoms with E-state index in [0.29, 0.717) is 12.4 Å². The lowest BCUT2D eigenvalue weighted by atomic mass is 10.0. The summed E-state index contributed by atoms with van der Waals surface area (Å²) in [5.74, 6) is 2.24. The molecule has 1 aromatic carbocycles. The standard InChI is InChI=1S/C20H31N5O/c1-14-16(3)26-18(24-14)12-22-19(21-6)23-13-20(4,5)25-15(2)17-10-8-7-9-11-17/h7-11,15,25H,12-13H2,1-6H3,(H2,21,22,23). The van der Waals surface area contributed by atoms with Crippen LogP contribution in [0.4, 0.5) is 0 Å². The molecule has 0 aliphatic rings. The summed E-state index contributed by atoms with van der Waals surface area (Å²) in [7, 11) is 1.76. The lowest BCUT2D eigenvalue weighted by Crippen LogP contribution is -2.52. The molecule has 0 fully saturated rings. The molecule has 6 nitrogen and oxygen atoms in total. The van der Waals surface area contributed by atoms with E-state index >= 15 is 0 Å². The molecule has 2 aromatic rings. The minimum absolute atomic E-state index is 0.108. The van der Waals surface area contributed by atoms with Crippen molar-refractivity contribution < 1.29 is 4.42 Å². The number of aryl methyl sites for hydroxylation is 2. The summed E-state index contributed by atoms with van der Waals surface area (Å²) in [4.78, 5) is 8.64. The SMILES string of the molecule is CN=C(NCc1nc(C)c(C)o1)NCC(C)(C)NC(C)c1ccccc1. The Kier molecular flexibility index (Phi) is 6.80. The Hall–Kier alpha value is -2.34. The lowest BCUT2D eigenvalue weighted by Gasteiger charge is -2.31. The van der Waals surface area contributed by atoms with Gasteiger partial charge in [-0.3, -0.25) is 4.99 Å². The molecule has 1 unspecified atom stereocenters. The quantitative estimate of drug-likeness (QED) is 0.524. The minimum Gasteiger partial charge on any atom is -0.444 e. The zero-order chi connectivity index (χ0) is 19.2. The van der Waals surface area contributed by atoms with Gasteiger partial charge in [-0.1, -0.05) is 30.3 Å². The fraction of sp³-hybridized carbons (Fsp3) is 0.500. The van der Waals surface area contributed by atoms with Crippen LogP contribution in [0.3, 0.4) is 0 Å². The smallest absolute Gasteiger partial charge is 0.214 e. The topological polar surface area (TPSA) is 74.5 Å². The molecule has 142 valence electrons. The molecular weight excluding hydrogens is 326 g/mol. The Morgan fingerprint density at radius 3 is 2.46 bits per heavy atom. The monoisotopic (exact) mass is 357 g/mol. The van der Waals surface area contributed by atoms with E-state index in [9.17, 15) is 0 Å². The second kappa shape index (κ2) is 8.85. The van der Waals surface area contributed by atoms with Crippen molar-refractivity contribution in [2.45, 2.75) is 52.7 Å². The number of benzene rings is 1. The third-order valence-electron chi connectivity index (χ3n) is 4.31. The van der Waals surface area contributed by atoms with E-state index in [1.54, 1.807) is 7.05 Å². The molecular formula is C20H31N5O. The van der Waals surface area contributed by atoms with Crippen molar-refractivity contribution in [2.24, 2.45) is 4.99 Å². The van der Waals surface area contributed by atoms with Crippen LogP contribution in [-0.2, 0) is 6.54 Å². The molecule has 0 radical (unpaired) electrons. The van der Waals surface area contributed by atoms with Gasteiger partial charge in [0.15, 0.2) is 5.96 Å². The van der Waals surface area contributed by atoms with Gasteiger partial charge >= 0.3 is 0 Å². The minimum atomic E-state index is -0.108. The van der Waals surface area contributed by atoms with Gasteiger partial charge in [0, 0.05) is 25.2 Å². The normalized spacial score (nSPS) is 13.5. The molecule has 1 heterocycles. The number of nitrogens with zero attached hydrogens (tertiary/aromatic N) is 2. The molecule has 0 amide bonds. The van der Waals surface area contributed by atoms with Crippen LogP contribution in [0, 0.1) is 13.8 Å². The first-order valence-corrected chi connectivity index (χ1v) is 9.01. The van der Waals surface area contributed by atoms with Gasteiger partial charge in [-0.2, -0.15) is 0 Å². The van der Waals surface area contributed by atoms with Gasteiger partial charge in [0.25, 0.3) is 0 Å². The first-order valence-electron chi connectivity index (χ1n) is 9.01. The van der Waals surface area contributed by atoms with Crippen LogP contribution >= 0.6 is 0 Å². The summed E-state index contributed by atoms with van der Waals surface area (Å²) in [5, 5.41) is 10.3. The van der Waals surface area contributed by atoms with E-state index in [1.807, 2.05) is 19.9 Å². The summed E-state index contributed by atoms with van der Waals surface area (Å²) in [5.41, 5.74) is 2.09. The number of guanidine groups is 1. The van der Waals surface area contributed by atoms with E-state index in [0.717, 1.165) is 24.0 Å². The van der Waals surface area contributed by atoms with Gasteiger partial charge in [-0.15, -0.1) is 0 Å². The molecule has 0 spiro atoms. The van der Waals surface area contributed by atoms with Crippen molar-refractivity contribution in [3.05, 3.63) is 53.2 Å². The van der Waals surface area contributed by atoms with Crippen LogP contribution in [0.5, 0.6) is 0 Å². The Bertz CT molecular complexity index is 702. The van der Waals surface area contributed by atoms with E-state index in [-0.39, 0.29) is 11.6 Å². The van der Waals surface area contributed by atoms with Crippen LogP contribution < -0.4 is 16.0 Å². The second-order valence-electron chi connectivity index (χ2n) is 7.19. The highest BCUT2D eigenvalue weighted by Crippen LogP contribution is 2.15. The summed E-state index contributed by atoms with van der Waals surface area (Å²) < 4.78 is 5.59. The third kappa shape index (κ3) is 5.88. The number of nitrogens with one attached hydrogen (secondary N) is 3. The Labute approximate surface area is 156 Å². The van der Waals surface area contributed by atoms with Crippen molar-refractivity contribution in [1.82, 2.24) is 20.9 Å². The van der Waals surface area contributed by atoms with Crippen molar-refractivity contribution in [2.75, 3.05) is 13.6 Å². The molecule has 0 saturated carbocycles. The molecule has 0 aliphatic heterocycles. The summed E-state index contributed by atoms with van der Waals surface area (Å²) in [6.45, 7) is 11.6. The fourth-order valence-electron chi connectivity index (χ4n) is 2.76. The zero-order valence-corrected chi connectivity index (χ0v) is 16.7. The molecule has 0 saturated heterocycles. The van der Waals surface area contributed by atoms with Crippen LogP contribution in [0.25, 0.3) is 0 Å². The van der Waals surface area contributed by atoms with E-state index in [1.165, 1.54) is 5.56 Å². The highest BCUT2D eigenvalue weighted by molar-refractivity contribution is 5.79. The van der Waals surface area contributed by atoms with Crippen LogP contribution in [-0.4, -0.2) is 30.1 Å². The number of oxazole rings is 1. The highest BCUT2D eigenvalue weighted by atomic mass is 16.4. The van der Waals surface area contributed by atoms with Crippen molar-refractivity contribution in [1.29, 1.82) is 0 Å². The van der Waals surface area contributed by atoms with Crippen LogP contribution in [0.2, 0.25) is 0 Å². The maximum absolute atomic E-state index is 5.59. The van der Waals surface area contributed by atoms with Crippen LogP contribution in [0.15, 0.2) is 39.7 Å². The molecule has 0 aliphatic carbocycles. The Morgan fingerprint density at radius 2 is 1.88 bits per heavy atom. The largest absolute Gasteiger partial charge is 0.444 e. The number of hydrogen-bond donors (Lipinski definition) is 3. The summed E-state index contributed by atoms with van der Waals surface area (Å²) in [6.07, 6.45) is 0. The Morgan fingerprint density at radius 1 is 1.19 bits per heavy atom. The van der Waals surface area contributed by atoms with Gasteiger partial charge in [0.1, 0.15) is 5.76 Å². The number of hydrogen-bond acceptors (Lipinski definition) is 4. The maximum Gasteiger partial charge on any atom is 0.214 e. The van der Waals surface area contributed by atoms with Gasteiger partial charge < -0.3 is 20.4 Å². The molecule has 6 heteroatoms. The van der Waals surface area contributed by atoms with Crippen molar-refractivity contribution in [3.63, 3.8) is 0 Å². The maximum atomic E-state index is 5.59. The molecule has 1 aromatic heterocycles. The average Bonchev–Trinajstić information content (AvgIpc) is 2.93. The molecule has 0 bridgehead atoms. The fourth-order valence-corrected chi connectivity index (χ4v) is 2.76. The first kappa shape index (κ1) is 20.0. The van der Waals surface area contributed by atoms with Gasteiger partial charge in [-0.25, -0.2) is 4.98 Å². The molecule has 26 heavy (non-hydrogen) atoms. The first-order chi connectivity index (χ1) is 12.3. The lowest BCUT2D eigenvalue weighted by molar-refractivity contribution is 0.344. The average molecular weight is 358 g/mol. The molecule has 3 N–H and O–H groups in total. The summed E-state index contributed by atoms with van der Waals surface area (Å²) in [6, 6.07) is 10.7. The van der Waals surface area contributed by atoms with Crippen molar-refractivity contribution >= 4 is 5.96 Å². The van der Waals surface area contributed by atoms with E-state index < -0.39 is 0 Å². The van der Waals surface area contributed by atoms with Crippen LogP contribution in [0.1, 0.15) is 49.7 Å². The number of rotatable bonds is 7. The predicted octanol–water partition coefficient (Wildman–Crippen LogP) is 3.09. The van der Waals surface area contributed by atoms with E-state index in [4.69, 9.17) is 4.42 Å². The van der Waals surface area contributed by atoms with Crippen molar-refractivity contribution in [3.8, 4) is 0 Å². The van der Waals surface area contributed by atoms with Gasteiger partial charge in [0.2, 0.25) is 5.89 Å². The number of aliphatic imine (C=N–C) groups is 1. The molecule has 2 rings (SSSR count). The van der Waals surface area contributed by atoms with Gasteiger partial charge in [0.05, 0.1) is 12.2 Å². The summed E-state index contributed by atoms with van der Waals surface area (Å²) >= 11 is 0. The van der Waals surface area contributed by atoms with E-state index in [2.05, 4.69) is 71.0 Å².